The van der Waals surface area contributed by atoms with Crippen LogP contribution in [0.5, 0.6) is 0 Å². The Morgan fingerprint density at radius 1 is 0.905 bits per heavy atom. The van der Waals surface area contributed by atoms with Crippen molar-refractivity contribution in [2.24, 2.45) is 5.73 Å². The predicted molar refractivity (Wildman–Crippen MR) is 168 cm³/mol. The van der Waals surface area contributed by atoms with Gasteiger partial charge in [0, 0.05) is 41.4 Å². The van der Waals surface area contributed by atoms with Crippen molar-refractivity contribution in [3.8, 4) is 0 Å². The third kappa shape index (κ3) is 6.21. The Hall–Kier alpha value is -3.71. The number of benzene rings is 3. The zero-order valence-electron chi connectivity index (χ0n) is 23.7. The molecule has 0 spiro atoms. The van der Waals surface area contributed by atoms with Gasteiger partial charge in [0.1, 0.15) is 0 Å². The minimum Gasteiger partial charge on any atom is -0.366 e. The third-order valence-electron chi connectivity index (χ3n) is 8.21. The molecule has 1 aromatic heterocycles. The fourth-order valence-electron chi connectivity index (χ4n) is 6.31. The molecular weight excluding hydrogens is 567 g/mol. The molecule has 6 nitrogen and oxygen atoms in total. The molecule has 1 fully saturated rings. The Morgan fingerprint density at radius 2 is 1.50 bits per heavy atom. The average Bonchev–Trinajstić information content (AvgIpc) is 2.97. The van der Waals surface area contributed by atoms with Crippen molar-refractivity contribution >= 4 is 35.0 Å². The Balaban J connectivity index is 1.51. The van der Waals surface area contributed by atoms with Crippen LogP contribution in [0.2, 0.25) is 10.0 Å². The van der Waals surface area contributed by atoms with Crippen molar-refractivity contribution in [1.82, 2.24) is 14.8 Å². The molecule has 0 aliphatic carbocycles. The standard InChI is InChI=1S/C34H34Cl2N4O2/c1-34(2)31(25-19-26(35)21-27(36)20-25)39(17-18-40(34)33(42)29-13-15-38-22-30(29)32(37)41)16-14-28(23-9-5-3-6-10-23)24-11-7-4-8-12-24/h3-13,15,19-22,28,31H,14,16-18H2,1-2H3,(H2,37,41). The van der Waals surface area contributed by atoms with Crippen LogP contribution in [-0.2, 0) is 0 Å². The van der Waals surface area contributed by atoms with Crippen LogP contribution in [0.1, 0.15) is 69.6 Å². The second kappa shape index (κ2) is 12.7. The minimum atomic E-state index is -0.698. The maximum atomic E-state index is 14.0. The monoisotopic (exact) mass is 600 g/mol. The lowest BCUT2D eigenvalue weighted by atomic mass is 9.82. The van der Waals surface area contributed by atoms with E-state index in [0.717, 1.165) is 18.5 Å². The van der Waals surface area contributed by atoms with E-state index in [4.69, 9.17) is 28.9 Å². The number of nitrogens with zero attached hydrogens (tertiary/aromatic N) is 3. The number of primary amides is 1. The molecule has 2 heterocycles. The van der Waals surface area contributed by atoms with Gasteiger partial charge in [0.15, 0.2) is 0 Å². The summed E-state index contributed by atoms with van der Waals surface area (Å²) in [4.78, 5) is 34.4. The quantitative estimate of drug-likeness (QED) is 0.236. The van der Waals surface area contributed by atoms with Crippen molar-refractivity contribution < 1.29 is 9.59 Å². The molecule has 1 unspecified atom stereocenters. The molecule has 1 atom stereocenters. The summed E-state index contributed by atoms with van der Waals surface area (Å²) < 4.78 is 0. The van der Waals surface area contributed by atoms with E-state index in [1.807, 2.05) is 43.0 Å². The maximum Gasteiger partial charge on any atom is 0.255 e. The second-order valence-electron chi connectivity index (χ2n) is 11.2. The summed E-state index contributed by atoms with van der Waals surface area (Å²) >= 11 is 13.0. The number of aromatic nitrogens is 1. The first-order valence-electron chi connectivity index (χ1n) is 14.0. The molecule has 4 aromatic rings. The summed E-state index contributed by atoms with van der Waals surface area (Å²) in [6.45, 7) is 5.97. The summed E-state index contributed by atoms with van der Waals surface area (Å²) in [5.74, 6) is -0.747. The molecular formula is C34H34Cl2N4O2. The van der Waals surface area contributed by atoms with Crippen molar-refractivity contribution in [3.05, 3.63) is 135 Å². The highest BCUT2D eigenvalue weighted by Crippen LogP contribution is 2.42. The van der Waals surface area contributed by atoms with Gasteiger partial charge in [-0.15, -0.1) is 0 Å². The van der Waals surface area contributed by atoms with Crippen LogP contribution in [0, 0.1) is 0 Å². The van der Waals surface area contributed by atoms with Gasteiger partial charge in [-0.25, -0.2) is 0 Å². The Kier molecular flexibility index (Phi) is 8.97. The fraction of sp³-hybridized carbons (Fsp3) is 0.265. The number of hydrogen-bond donors (Lipinski definition) is 1. The molecule has 0 radical (unpaired) electrons. The molecule has 8 heteroatoms. The molecule has 0 bridgehead atoms. The number of halogens is 2. The zero-order chi connectivity index (χ0) is 29.9. The van der Waals surface area contributed by atoms with Crippen LogP contribution >= 0.6 is 23.2 Å². The van der Waals surface area contributed by atoms with Crippen molar-refractivity contribution in [1.29, 1.82) is 0 Å². The van der Waals surface area contributed by atoms with E-state index in [9.17, 15) is 9.59 Å². The van der Waals surface area contributed by atoms with Crippen LogP contribution in [-0.4, -0.2) is 51.8 Å². The van der Waals surface area contributed by atoms with Crippen LogP contribution in [0.15, 0.2) is 97.3 Å². The van der Waals surface area contributed by atoms with Gasteiger partial charge in [0.05, 0.1) is 22.7 Å². The molecule has 3 aromatic carbocycles. The molecule has 216 valence electrons. The lowest BCUT2D eigenvalue weighted by molar-refractivity contribution is -0.0234. The largest absolute Gasteiger partial charge is 0.366 e. The lowest BCUT2D eigenvalue weighted by Gasteiger charge is -2.53. The number of hydrogen-bond acceptors (Lipinski definition) is 4. The first kappa shape index (κ1) is 29.8. The molecule has 1 aliphatic heterocycles. The SMILES string of the molecule is CC1(C)C(c2cc(Cl)cc(Cl)c2)N(CCC(c2ccccc2)c2ccccc2)CCN1C(=O)c1ccncc1C(N)=O. The number of nitrogens with two attached hydrogens (primary N) is 1. The summed E-state index contributed by atoms with van der Waals surface area (Å²) in [7, 11) is 0. The molecule has 42 heavy (non-hydrogen) atoms. The maximum absolute atomic E-state index is 14.0. The van der Waals surface area contributed by atoms with Crippen LogP contribution in [0.3, 0.4) is 0 Å². The molecule has 0 saturated carbocycles. The smallest absolute Gasteiger partial charge is 0.255 e. The van der Waals surface area contributed by atoms with Gasteiger partial charge in [-0.3, -0.25) is 19.5 Å². The molecule has 2 amide bonds. The first-order chi connectivity index (χ1) is 20.2. The van der Waals surface area contributed by atoms with Gasteiger partial charge in [-0.05, 0) is 67.8 Å². The van der Waals surface area contributed by atoms with E-state index in [1.54, 1.807) is 12.1 Å². The van der Waals surface area contributed by atoms with Gasteiger partial charge in [-0.2, -0.15) is 0 Å². The highest BCUT2D eigenvalue weighted by molar-refractivity contribution is 6.34. The summed E-state index contributed by atoms with van der Waals surface area (Å²) in [5.41, 5.74) is 8.70. The van der Waals surface area contributed by atoms with Crippen molar-refractivity contribution in [2.75, 3.05) is 19.6 Å². The number of carbonyl (C=O) groups is 2. The number of rotatable bonds is 8. The highest BCUT2D eigenvalue weighted by atomic mass is 35.5. The number of amides is 2. The molecule has 1 saturated heterocycles. The number of carbonyl (C=O) groups excluding carboxylic acids is 2. The lowest BCUT2D eigenvalue weighted by Crippen LogP contribution is -2.62. The normalized spacial score (nSPS) is 16.9. The first-order valence-corrected chi connectivity index (χ1v) is 14.8. The average molecular weight is 602 g/mol. The van der Waals surface area contributed by atoms with Crippen LogP contribution in [0.25, 0.3) is 0 Å². The Bertz CT molecular complexity index is 1500. The van der Waals surface area contributed by atoms with Gasteiger partial charge in [0.25, 0.3) is 11.8 Å². The van der Waals surface area contributed by atoms with Gasteiger partial charge < -0.3 is 10.6 Å². The fourth-order valence-corrected chi connectivity index (χ4v) is 6.85. The predicted octanol–water partition coefficient (Wildman–Crippen LogP) is 6.99. The second-order valence-corrected chi connectivity index (χ2v) is 12.1. The number of piperazine rings is 1. The summed E-state index contributed by atoms with van der Waals surface area (Å²) in [5, 5.41) is 1.07. The van der Waals surface area contributed by atoms with Gasteiger partial charge in [-0.1, -0.05) is 83.9 Å². The summed E-state index contributed by atoms with van der Waals surface area (Å²) in [6.07, 6.45) is 3.73. The zero-order valence-corrected chi connectivity index (χ0v) is 25.2. The van der Waals surface area contributed by atoms with E-state index >= 15 is 0 Å². The van der Waals surface area contributed by atoms with Crippen LogP contribution < -0.4 is 5.73 Å². The van der Waals surface area contributed by atoms with E-state index < -0.39 is 11.4 Å². The Labute approximate surface area is 257 Å². The topological polar surface area (TPSA) is 79.5 Å². The van der Waals surface area contributed by atoms with E-state index in [1.165, 1.54) is 23.5 Å². The molecule has 2 N–H and O–H groups in total. The molecule has 5 rings (SSSR count). The van der Waals surface area contributed by atoms with E-state index in [0.29, 0.717) is 23.1 Å². The van der Waals surface area contributed by atoms with Crippen molar-refractivity contribution in [3.63, 3.8) is 0 Å². The van der Waals surface area contributed by atoms with E-state index in [-0.39, 0.29) is 29.0 Å². The summed E-state index contributed by atoms with van der Waals surface area (Å²) in [6, 6.07) is 28.0. The van der Waals surface area contributed by atoms with Crippen LogP contribution in [0.4, 0.5) is 0 Å². The minimum absolute atomic E-state index is 0.108. The van der Waals surface area contributed by atoms with Gasteiger partial charge in [0.2, 0.25) is 0 Å². The molecule has 1 aliphatic rings. The Morgan fingerprint density at radius 3 is 2.07 bits per heavy atom. The third-order valence-corrected chi connectivity index (χ3v) is 8.65. The van der Waals surface area contributed by atoms with E-state index in [2.05, 4.69) is 58.4 Å². The highest BCUT2D eigenvalue weighted by Gasteiger charge is 2.46. The number of pyridine rings is 1. The van der Waals surface area contributed by atoms with Crippen molar-refractivity contribution in [2.45, 2.75) is 37.8 Å². The van der Waals surface area contributed by atoms with Gasteiger partial charge >= 0.3 is 0 Å².